The molecule has 0 aliphatic heterocycles. The van der Waals surface area contributed by atoms with Crippen LogP contribution in [0.25, 0.3) is 0 Å². The molecule has 0 saturated heterocycles. The third-order valence-electron chi connectivity index (χ3n) is 3.26. The van der Waals surface area contributed by atoms with E-state index in [0.717, 1.165) is 14.2 Å². The Morgan fingerprint density at radius 3 is 2.28 bits per heavy atom. The molecule has 0 fully saturated rings. The Balaban J connectivity index is 3.61. The van der Waals surface area contributed by atoms with Crippen molar-refractivity contribution in [3.05, 3.63) is 23.0 Å². The number of hydrogen-bond donors (Lipinski definition) is 1. The molecule has 1 aromatic heterocycles. The molecule has 0 radical (unpaired) electrons. The first-order valence-corrected chi connectivity index (χ1v) is 8.09. The number of hydrogen-bond acceptors (Lipinski definition) is 7. The summed E-state index contributed by atoms with van der Waals surface area (Å²) in [4.78, 5) is 22.8. The Hall–Kier alpha value is -2.08. The van der Waals surface area contributed by atoms with Crippen molar-refractivity contribution in [1.82, 2.24) is 3.97 Å². The molecule has 0 aromatic carbocycles. The predicted molar refractivity (Wildman–Crippen MR) is 76.8 cm³/mol. The Morgan fingerprint density at radius 1 is 1.28 bits per heavy atom. The summed E-state index contributed by atoms with van der Waals surface area (Å²) in [5.74, 6) is -1.67. The molecule has 25 heavy (non-hydrogen) atoms. The van der Waals surface area contributed by atoms with Gasteiger partial charge in [0.15, 0.2) is 0 Å². The number of carbonyl (C=O) groups is 2. The molecule has 1 aromatic rings. The van der Waals surface area contributed by atoms with Crippen molar-refractivity contribution in [2.75, 3.05) is 14.2 Å². The van der Waals surface area contributed by atoms with Crippen LogP contribution in [0.2, 0.25) is 0 Å². The van der Waals surface area contributed by atoms with E-state index in [9.17, 15) is 36.3 Å². The molecule has 12 heteroatoms. The molecule has 0 amide bonds. The lowest BCUT2D eigenvalue weighted by molar-refractivity contribution is -0.141. The zero-order valence-electron chi connectivity index (χ0n) is 14.2. The van der Waals surface area contributed by atoms with Gasteiger partial charge in [0.25, 0.3) is 0 Å². The fraction of sp³-hybridized carbons (Fsp3) is 0.538. The molecule has 0 unspecified atom stereocenters. The number of alkyl halides is 3. The van der Waals surface area contributed by atoms with Crippen LogP contribution in [0.15, 0.2) is 6.20 Å². The monoisotopic (exact) mass is 389 g/mol. The summed E-state index contributed by atoms with van der Waals surface area (Å²) in [6.07, 6.45) is -0.775. The number of esters is 2. The fourth-order valence-electron chi connectivity index (χ4n) is 2.01. The van der Waals surface area contributed by atoms with Gasteiger partial charge in [-0.3, -0.25) is 9.59 Å². The van der Waals surface area contributed by atoms with Gasteiger partial charge >= 0.3 is 27.5 Å². The van der Waals surface area contributed by atoms with Crippen LogP contribution in [-0.4, -0.2) is 49.2 Å². The molecule has 0 saturated carbocycles. The molecule has 8 nitrogen and oxygen atoms in total. The summed E-state index contributed by atoms with van der Waals surface area (Å²) >= 11 is 0. The quantitative estimate of drug-likeness (QED) is 0.676. The maximum Gasteiger partial charge on any atom is 0.517 e. The number of aliphatic hydroxyl groups excluding tert-OH is 1. The van der Waals surface area contributed by atoms with Crippen molar-refractivity contribution >= 4 is 22.0 Å². The second-order valence-corrected chi connectivity index (χ2v) is 6.53. The smallest absolute Gasteiger partial charge is 0.469 e. The maximum absolute atomic E-state index is 12.9. The maximum atomic E-state index is 12.9. The highest BCUT2D eigenvalue weighted by atomic mass is 32.2. The summed E-state index contributed by atoms with van der Waals surface area (Å²) in [6.45, 7) is -2.39. The average molecular weight is 389 g/mol. The van der Waals surface area contributed by atoms with Gasteiger partial charge < -0.3 is 14.6 Å². The van der Waals surface area contributed by atoms with E-state index in [4.69, 9.17) is 1.37 Å². The van der Waals surface area contributed by atoms with Crippen LogP contribution in [0.1, 0.15) is 24.6 Å². The molecule has 1 N–H and O–H groups in total. The summed E-state index contributed by atoms with van der Waals surface area (Å²) in [6, 6.07) is 0. The number of nitrogens with zero attached hydrogens (tertiary/aromatic N) is 1. The number of carbonyl (C=O) groups excluding carboxylic acids is 2. The van der Waals surface area contributed by atoms with Gasteiger partial charge in [0.2, 0.25) is 0 Å². The zero-order valence-corrected chi connectivity index (χ0v) is 14.0. The molecule has 0 bridgehead atoms. The zero-order chi connectivity index (χ0) is 20.3. The van der Waals surface area contributed by atoms with E-state index in [1.165, 1.54) is 0 Å². The first-order valence-electron chi connectivity index (χ1n) is 7.23. The van der Waals surface area contributed by atoms with Crippen LogP contribution in [0, 0.1) is 0 Å². The van der Waals surface area contributed by atoms with Gasteiger partial charge in [-0.05, 0) is 17.5 Å². The Morgan fingerprint density at radius 2 is 1.84 bits per heavy atom. The molecular weight excluding hydrogens is 371 g/mol. The summed E-state index contributed by atoms with van der Waals surface area (Å²) < 4.78 is 77.9. The number of aliphatic hydroxyl groups is 1. The van der Waals surface area contributed by atoms with E-state index in [1.54, 1.807) is 0 Å². The van der Waals surface area contributed by atoms with Crippen molar-refractivity contribution in [3.8, 4) is 0 Å². The molecule has 1 heterocycles. The minimum Gasteiger partial charge on any atom is -0.469 e. The van der Waals surface area contributed by atoms with E-state index in [-0.39, 0.29) is 27.9 Å². The molecule has 0 spiro atoms. The first kappa shape index (κ1) is 19.2. The van der Waals surface area contributed by atoms with Crippen LogP contribution < -0.4 is 0 Å². The SMILES string of the molecule is [3H][C@@H](O)c1c(CC(=O)OC)c(CCC(=O)OC)cn1S(=O)(=O)C(F)(F)F. The first-order chi connectivity index (χ1) is 11.9. The predicted octanol–water partition coefficient (Wildman–Crippen LogP) is 0.499. The van der Waals surface area contributed by atoms with Gasteiger partial charge in [0.1, 0.15) is 0 Å². The van der Waals surface area contributed by atoms with Gasteiger partial charge in [-0.2, -0.15) is 21.6 Å². The third kappa shape index (κ3) is 4.51. The molecule has 1 atom stereocenters. The minimum absolute atomic E-state index is 0.144. The largest absolute Gasteiger partial charge is 0.517 e. The van der Waals surface area contributed by atoms with E-state index in [1.807, 2.05) is 0 Å². The number of aromatic nitrogens is 1. The molecule has 0 aliphatic carbocycles. The number of halogens is 3. The van der Waals surface area contributed by atoms with E-state index in [0.29, 0.717) is 6.20 Å². The number of ether oxygens (including phenoxy) is 2. The van der Waals surface area contributed by atoms with E-state index < -0.39 is 46.2 Å². The fourth-order valence-corrected chi connectivity index (χ4v) is 2.91. The van der Waals surface area contributed by atoms with Crippen molar-refractivity contribution in [1.29, 1.82) is 0 Å². The van der Waals surface area contributed by atoms with Crippen molar-refractivity contribution in [3.63, 3.8) is 0 Å². The highest BCUT2D eigenvalue weighted by Crippen LogP contribution is 2.30. The third-order valence-corrected chi connectivity index (χ3v) is 4.66. The summed E-state index contributed by atoms with van der Waals surface area (Å²) in [7, 11) is -3.90. The van der Waals surface area contributed by atoms with Crippen molar-refractivity contribution in [2.45, 2.75) is 31.4 Å². The van der Waals surface area contributed by atoms with Crippen molar-refractivity contribution in [2.24, 2.45) is 0 Å². The standard InChI is InChI=1S/C13H16F3NO7S/c1-23-11(19)4-3-8-6-17(25(21,22)13(14,15)16)10(7-18)9(8)5-12(20)24-2/h6,18H,3-5,7H2,1-2H3/i7T/t7-/m1/s1. The molecule has 1 rings (SSSR count). The van der Waals surface area contributed by atoms with Gasteiger partial charge in [0.05, 0.1) is 34.3 Å². The normalized spacial score (nSPS) is 13.9. The lowest BCUT2D eigenvalue weighted by atomic mass is 10.0. The van der Waals surface area contributed by atoms with Gasteiger partial charge in [0, 0.05) is 12.6 Å². The van der Waals surface area contributed by atoms with Gasteiger partial charge in [-0.1, -0.05) is 0 Å². The van der Waals surface area contributed by atoms with Crippen LogP contribution in [-0.2, 0) is 48.5 Å². The Labute approximate surface area is 142 Å². The number of aryl methyl sites for hydroxylation is 1. The van der Waals surface area contributed by atoms with E-state index in [2.05, 4.69) is 9.47 Å². The highest BCUT2D eigenvalue weighted by Gasteiger charge is 2.48. The van der Waals surface area contributed by atoms with Gasteiger partial charge in [-0.15, -0.1) is 0 Å². The number of methoxy groups -OCH3 is 2. The van der Waals surface area contributed by atoms with Crippen LogP contribution in [0.5, 0.6) is 0 Å². The van der Waals surface area contributed by atoms with Crippen molar-refractivity contribution < 1.29 is 47.1 Å². The van der Waals surface area contributed by atoms with Crippen LogP contribution >= 0.6 is 0 Å². The Bertz CT molecular complexity index is 786. The van der Waals surface area contributed by atoms with Crippen LogP contribution in [0.3, 0.4) is 0 Å². The average Bonchev–Trinajstić information content (AvgIpc) is 2.90. The summed E-state index contributed by atoms with van der Waals surface area (Å²) in [5, 5.41) is 9.51. The highest BCUT2D eigenvalue weighted by molar-refractivity contribution is 7.90. The van der Waals surface area contributed by atoms with Crippen LogP contribution in [0.4, 0.5) is 13.2 Å². The summed E-state index contributed by atoms with van der Waals surface area (Å²) in [5.41, 5.74) is -7.14. The van der Waals surface area contributed by atoms with Gasteiger partial charge in [-0.25, -0.2) is 3.97 Å². The number of rotatable bonds is 7. The topological polar surface area (TPSA) is 112 Å². The lowest BCUT2D eigenvalue weighted by Gasteiger charge is -2.12. The second-order valence-electron chi connectivity index (χ2n) is 4.72. The second kappa shape index (κ2) is 7.87. The minimum atomic E-state index is -5.97. The lowest BCUT2D eigenvalue weighted by Crippen LogP contribution is -2.30. The molecule has 0 aliphatic rings. The molecule has 142 valence electrons. The van der Waals surface area contributed by atoms with E-state index >= 15 is 0 Å². The Kier molecular flexibility index (Phi) is 6.06. The molecular formula is C13H16F3NO7S.